The van der Waals surface area contributed by atoms with E-state index < -0.39 is 0 Å². The first-order valence-corrected chi connectivity index (χ1v) is 11.0. The highest BCUT2D eigenvalue weighted by molar-refractivity contribution is 7.99. The van der Waals surface area contributed by atoms with Gasteiger partial charge in [0.1, 0.15) is 5.69 Å². The molecule has 0 radical (unpaired) electrons. The zero-order valence-electron chi connectivity index (χ0n) is 16.7. The molecule has 1 amide bonds. The number of hydrazone groups is 1. The van der Waals surface area contributed by atoms with E-state index in [1.807, 2.05) is 47.0 Å². The summed E-state index contributed by atoms with van der Waals surface area (Å²) in [7, 11) is 0. The van der Waals surface area contributed by atoms with E-state index in [2.05, 4.69) is 20.7 Å². The van der Waals surface area contributed by atoms with Crippen molar-refractivity contribution in [2.24, 2.45) is 5.10 Å². The Labute approximate surface area is 193 Å². The summed E-state index contributed by atoms with van der Waals surface area (Å²) in [6.07, 6.45) is 1.48. The average Bonchev–Trinajstić information content (AvgIpc) is 3.24. The third-order valence-electron chi connectivity index (χ3n) is 4.42. The first-order chi connectivity index (χ1) is 15.6. The second-order valence-electron chi connectivity index (χ2n) is 6.68. The van der Waals surface area contributed by atoms with Gasteiger partial charge in [-0.05, 0) is 53.7 Å². The van der Waals surface area contributed by atoms with E-state index in [0.717, 1.165) is 22.6 Å². The number of nitrogens with one attached hydrogen (secondary N) is 2. The number of H-pyrrole nitrogens is 1. The van der Waals surface area contributed by atoms with E-state index >= 15 is 0 Å². The molecule has 3 aromatic carbocycles. The fourth-order valence-corrected chi connectivity index (χ4v) is 3.79. The lowest BCUT2D eigenvalue weighted by Gasteiger charge is -2.04. The van der Waals surface area contributed by atoms with E-state index in [1.54, 1.807) is 24.3 Å². The number of nitrogens with zero attached hydrogens (tertiary/aromatic N) is 3. The maximum Gasteiger partial charge on any atom is 0.342 e. The Morgan fingerprint density at radius 2 is 1.81 bits per heavy atom. The third kappa shape index (κ3) is 5.35. The summed E-state index contributed by atoms with van der Waals surface area (Å²) >= 11 is 7.33. The van der Waals surface area contributed by atoms with Gasteiger partial charge in [-0.25, -0.2) is 5.43 Å². The molecule has 7 nitrogen and oxygen atoms in total. The lowest BCUT2D eigenvalue weighted by Crippen LogP contribution is -2.34. The van der Waals surface area contributed by atoms with E-state index in [-0.39, 0.29) is 17.4 Å². The Morgan fingerprint density at radius 3 is 2.53 bits per heavy atom. The van der Waals surface area contributed by atoms with Gasteiger partial charge in [0.25, 0.3) is 11.7 Å². The number of amides is 1. The van der Waals surface area contributed by atoms with Gasteiger partial charge in [-0.3, -0.25) is 4.79 Å². The van der Waals surface area contributed by atoms with Crippen LogP contribution in [-0.2, 0) is 4.79 Å². The minimum absolute atomic E-state index is 0.0783. The van der Waals surface area contributed by atoms with Crippen molar-refractivity contribution in [1.82, 2.24) is 15.6 Å². The predicted octanol–water partition coefficient (Wildman–Crippen LogP) is 3.32. The van der Waals surface area contributed by atoms with Crippen molar-refractivity contribution in [3.8, 4) is 22.8 Å². The van der Waals surface area contributed by atoms with Crippen molar-refractivity contribution in [2.45, 2.75) is 5.16 Å². The van der Waals surface area contributed by atoms with E-state index in [4.69, 9.17) is 11.6 Å². The summed E-state index contributed by atoms with van der Waals surface area (Å²) in [6.45, 7) is 0. The van der Waals surface area contributed by atoms with Gasteiger partial charge in [0.05, 0.1) is 22.6 Å². The maximum atomic E-state index is 12.3. The standard InChI is InChI=1S/C23H18ClN5O2S/c24-18-8-10-19(11-9-18)29-22(17-4-2-1-3-5-17)27-28-23(29)32-15-21(31)26-25-14-16-6-12-20(30)13-7-16/h1-14H,15H2,(H2,25,26,30,31). The Hall–Kier alpha value is -3.62. The minimum atomic E-state index is -0.279. The van der Waals surface area contributed by atoms with Crippen LogP contribution in [0.2, 0.25) is 5.02 Å². The molecule has 2 N–H and O–H groups in total. The van der Waals surface area contributed by atoms with Crippen LogP contribution in [0.5, 0.6) is 5.75 Å². The van der Waals surface area contributed by atoms with Crippen LogP contribution in [0.15, 0.2) is 89.1 Å². The minimum Gasteiger partial charge on any atom is -0.872 e. The van der Waals surface area contributed by atoms with Gasteiger partial charge >= 0.3 is 5.16 Å². The largest absolute Gasteiger partial charge is 0.872 e. The van der Waals surface area contributed by atoms with Gasteiger partial charge < -0.3 is 5.11 Å². The lowest BCUT2D eigenvalue weighted by molar-refractivity contribution is -0.625. The van der Waals surface area contributed by atoms with Crippen LogP contribution >= 0.6 is 23.4 Å². The number of hydrogen-bond acceptors (Lipinski definition) is 5. The Bertz CT molecular complexity index is 1230. The Morgan fingerprint density at radius 1 is 1.09 bits per heavy atom. The van der Waals surface area contributed by atoms with Crippen molar-refractivity contribution in [3.05, 3.63) is 89.4 Å². The topological polar surface area (TPSA) is 97.1 Å². The number of carbonyl (C=O) groups is 1. The number of carbonyl (C=O) groups excluding carboxylic acids is 1. The quantitative estimate of drug-likeness (QED) is 0.190. The van der Waals surface area contributed by atoms with Gasteiger partial charge in [-0.1, -0.05) is 54.1 Å². The van der Waals surface area contributed by atoms with E-state index in [0.29, 0.717) is 10.2 Å². The molecule has 0 spiro atoms. The normalized spacial score (nSPS) is 11.0. The summed E-state index contributed by atoms with van der Waals surface area (Å²) < 4.78 is 1.94. The maximum absolute atomic E-state index is 12.3. The molecule has 1 heterocycles. The van der Waals surface area contributed by atoms with Crippen molar-refractivity contribution in [3.63, 3.8) is 0 Å². The van der Waals surface area contributed by atoms with E-state index in [9.17, 15) is 9.90 Å². The van der Waals surface area contributed by atoms with E-state index in [1.165, 1.54) is 30.1 Å². The number of aromatic nitrogens is 3. The number of hydrogen-bond donors (Lipinski definition) is 2. The van der Waals surface area contributed by atoms with Crippen LogP contribution in [0.25, 0.3) is 17.1 Å². The molecule has 9 heteroatoms. The molecule has 0 fully saturated rings. The van der Waals surface area contributed by atoms with Crippen LogP contribution in [0.4, 0.5) is 0 Å². The fourth-order valence-electron chi connectivity index (χ4n) is 2.91. The molecule has 4 aromatic rings. The van der Waals surface area contributed by atoms with Crippen LogP contribution < -0.4 is 15.1 Å². The van der Waals surface area contributed by atoms with Gasteiger partial charge in [0.2, 0.25) is 0 Å². The monoisotopic (exact) mass is 463 g/mol. The number of aromatic amines is 1. The SMILES string of the molecule is O=C(CSc1n[nH]c(-c2ccccc2)[n+]1-c1ccc(Cl)cc1)NN=Cc1ccc([O-])cc1. The molecule has 32 heavy (non-hydrogen) atoms. The van der Waals surface area contributed by atoms with Crippen molar-refractivity contribution >= 4 is 35.5 Å². The second-order valence-corrected chi connectivity index (χ2v) is 8.06. The smallest absolute Gasteiger partial charge is 0.342 e. The highest BCUT2D eigenvalue weighted by atomic mass is 35.5. The molecule has 0 saturated heterocycles. The molecule has 1 aromatic heterocycles. The molecule has 0 aliphatic heterocycles. The van der Waals surface area contributed by atoms with Crippen molar-refractivity contribution in [2.75, 3.05) is 5.75 Å². The van der Waals surface area contributed by atoms with Gasteiger partial charge in [0, 0.05) is 5.02 Å². The first kappa shape index (κ1) is 21.6. The molecular formula is C23H18ClN5O2S. The fraction of sp³-hybridized carbons (Fsp3) is 0.0435. The Balaban J connectivity index is 1.49. The highest BCUT2D eigenvalue weighted by Gasteiger charge is 2.24. The molecule has 0 aliphatic rings. The Kier molecular flexibility index (Phi) is 6.84. The van der Waals surface area contributed by atoms with Crippen LogP contribution in [0.1, 0.15) is 5.56 Å². The van der Waals surface area contributed by atoms with Crippen LogP contribution in [0.3, 0.4) is 0 Å². The molecule has 160 valence electrons. The molecule has 0 bridgehead atoms. The first-order valence-electron chi connectivity index (χ1n) is 9.64. The number of benzene rings is 3. The summed E-state index contributed by atoms with van der Waals surface area (Å²) in [6, 6.07) is 23.4. The zero-order chi connectivity index (χ0) is 22.3. The molecular weight excluding hydrogens is 446 g/mol. The van der Waals surface area contributed by atoms with Crippen LogP contribution in [0, 0.1) is 0 Å². The second kappa shape index (κ2) is 10.1. The third-order valence-corrected chi connectivity index (χ3v) is 5.61. The number of halogens is 1. The lowest BCUT2D eigenvalue weighted by atomic mass is 10.2. The average molecular weight is 464 g/mol. The molecule has 0 aliphatic carbocycles. The summed E-state index contributed by atoms with van der Waals surface area (Å²) in [4.78, 5) is 12.3. The summed E-state index contributed by atoms with van der Waals surface area (Å²) in [5.41, 5.74) is 5.03. The number of thioether (sulfide) groups is 1. The highest BCUT2D eigenvalue weighted by Crippen LogP contribution is 2.21. The van der Waals surface area contributed by atoms with Crippen LogP contribution in [-0.4, -0.2) is 28.1 Å². The summed E-state index contributed by atoms with van der Waals surface area (Å²) in [5, 5.41) is 23.8. The predicted molar refractivity (Wildman–Crippen MR) is 123 cm³/mol. The molecule has 4 rings (SSSR count). The van der Waals surface area contributed by atoms with Crippen molar-refractivity contribution < 1.29 is 14.5 Å². The van der Waals surface area contributed by atoms with Gasteiger partial charge in [-0.15, -0.1) is 10.8 Å². The zero-order valence-corrected chi connectivity index (χ0v) is 18.3. The molecule has 0 saturated carbocycles. The van der Waals surface area contributed by atoms with Crippen molar-refractivity contribution in [1.29, 1.82) is 0 Å². The van der Waals surface area contributed by atoms with Gasteiger partial charge in [-0.2, -0.15) is 9.67 Å². The summed E-state index contributed by atoms with van der Waals surface area (Å²) in [5.74, 6) is 0.545. The van der Waals surface area contributed by atoms with Gasteiger partial charge in [0.15, 0.2) is 0 Å². The molecule has 0 unspecified atom stereocenters. The number of rotatable bonds is 7. The molecule has 0 atom stereocenters.